The highest BCUT2D eigenvalue weighted by Gasteiger charge is 2.23. The third kappa shape index (κ3) is 37.7. The van der Waals surface area contributed by atoms with Crippen LogP contribution < -0.4 is 18.9 Å². The fraction of sp³-hybridized carbons (Fsp3) is 0.821. The molecule has 0 N–H and O–H groups in total. The van der Waals surface area contributed by atoms with Gasteiger partial charge >= 0.3 is 0 Å². The first-order chi connectivity index (χ1) is 40.8. The molecule has 0 radical (unpaired) electrons. The quantitative estimate of drug-likeness (QED) is 0.0417. The summed E-state index contributed by atoms with van der Waals surface area (Å²) in [6, 6.07) is 13.3. The summed E-state index contributed by atoms with van der Waals surface area (Å²) in [5, 5.41) is 4.34. The van der Waals surface area contributed by atoms with Gasteiger partial charge in [0, 0.05) is 10.8 Å². The molecule has 4 heteroatoms. The second kappa shape index (κ2) is 56.2. The summed E-state index contributed by atoms with van der Waals surface area (Å²) in [5.41, 5.74) is 0. The number of fused-ring (bicyclic) bond motifs is 2. The second-order valence-electron chi connectivity index (χ2n) is 25.8. The first kappa shape index (κ1) is 73.6. The summed E-state index contributed by atoms with van der Waals surface area (Å²) >= 11 is 0. The number of hydrogen-bond donors (Lipinski definition) is 0. The Morgan fingerprint density at radius 1 is 0.195 bits per heavy atom. The molecule has 0 atom stereocenters. The minimum atomic E-state index is 0.696. The van der Waals surface area contributed by atoms with Crippen LogP contribution in [0, 0.1) is 0 Å². The van der Waals surface area contributed by atoms with E-state index in [1.165, 1.54) is 334 Å². The number of benzene rings is 3. The lowest BCUT2D eigenvalue weighted by atomic mass is 9.98. The minimum absolute atomic E-state index is 0.696. The lowest BCUT2D eigenvalue weighted by Crippen LogP contribution is -2.06. The zero-order valence-electron chi connectivity index (χ0n) is 55.5. The van der Waals surface area contributed by atoms with E-state index in [0.29, 0.717) is 6.61 Å². The van der Waals surface area contributed by atoms with Gasteiger partial charge in [-0.1, -0.05) is 386 Å². The molecule has 0 aliphatic rings. The van der Waals surface area contributed by atoms with Gasteiger partial charge in [-0.15, -0.1) is 0 Å². The van der Waals surface area contributed by atoms with Crippen molar-refractivity contribution in [1.29, 1.82) is 0 Å². The van der Waals surface area contributed by atoms with Crippen molar-refractivity contribution in [3.05, 3.63) is 36.4 Å². The van der Waals surface area contributed by atoms with Crippen LogP contribution in [-0.2, 0) is 0 Å². The van der Waals surface area contributed by atoms with Gasteiger partial charge in [-0.25, -0.2) is 0 Å². The Labute approximate surface area is 511 Å². The Balaban J connectivity index is 1.69. The molecule has 4 nitrogen and oxygen atoms in total. The number of rotatable bonds is 64. The van der Waals surface area contributed by atoms with Crippen molar-refractivity contribution in [2.24, 2.45) is 0 Å². The van der Waals surface area contributed by atoms with Crippen LogP contribution in [0.15, 0.2) is 36.4 Å². The van der Waals surface area contributed by atoms with Gasteiger partial charge in [-0.2, -0.15) is 0 Å². The van der Waals surface area contributed by atoms with E-state index >= 15 is 0 Å². The van der Waals surface area contributed by atoms with E-state index < -0.39 is 0 Å². The van der Waals surface area contributed by atoms with Crippen LogP contribution in [0.25, 0.3) is 21.5 Å². The molecule has 0 spiro atoms. The van der Waals surface area contributed by atoms with Gasteiger partial charge in [-0.05, 0) is 37.8 Å². The Kier molecular flexibility index (Phi) is 50.5. The molecule has 3 aromatic rings. The maximum absolute atomic E-state index is 7.15. The summed E-state index contributed by atoms with van der Waals surface area (Å²) in [6.07, 6.45) is 75.9. The standard InChI is InChI=1S/C78H138O4/c1-5-9-13-17-21-25-29-33-37-41-45-49-53-57-67-79-73-65-61-63-71-75(73)78(82-70-60-56-52-48-44-40-36-32-28-24-20-16-12-8-4)76-72(77(71)81-69-59-55-51-47-43-39-35-31-27-23-19-15-11-7-3)64-62-66-74(76)80-68-58-54-50-46-42-38-34-30-26-22-18-14-10-6-2/h61-66H,5-60,67-70H2,1-4H3. The normalized spacial score (nSPS) is 11.7. The highest BCUT2D eigenvalue weighted by Crippen LogP contribution is 2.50. The third-order valence-electron chi connectivity index (χ3n) is 18.0. The van der Waals surface area contributed by atoms with Crippen LogP contribution in [0.5, 0.6) is 23.0 Å². The van der Waals surface area contributed by atoms with Gasteiger partial charge in [0.1, 0.15) is 23.0 Å². The van der Waals surface area contributed by atoms with E-state index in [9.17, 15) is 0 Å². The largest absolute Gasteiger partial charge is 0.493 e. The number of ether oxygens (including phenoxy) is 4. The van der Waals surface area contributed by atoms with Crippen molar-refractivity contribution in [3.8, 4) is 23.0 Å². The maximum atomic E-state index is 7.15. The van der Waals surface area contributed by atoms with Crippen molar-refractivity contribution < 1.29 is 18.9 Å². The Bertz CT molecular complexity index is 1720. The molecular formula is C78H138O4. The molecule has 82 heavy (non-hydrogen) atoms. The van der Waals surface area contributed by atoms with Crippen molar-refractivity contribution in [1.82, 2.24) is 0 Å². The van der Waals surface area contributed by atoms with E-state index in [-0.39, 0.29) is 0 Å². The third-order valence-corrected chi connectivity index (χ3v) is 18.0. The van der Waals surface area contributed by atoms with Gasteiger partial charge in [0.15, 0.2) is 0 Å². The molecule has 3 rings (SSSR count). The SMILES string of the molecule is CCCCCCCCCCCCCCCCOc1c2cccc(OCCCCCCCCCCCCCCCC)c2c(OCCCCCCCCCCCCCCCC)c2c(OCCCCCCCCCCCCCCCC)cccc12. The first-order valence-corrected chi connectivity index (χ1v) is 37.3. The predicted octanol–water partition coefficient (Wildman–Crippen LogP) is 27.4. The zero-order valence-corrected chi connectivity index (χ0v) is 55.5. The van der Waals surface area contributed by atoms with Gasteiger partial charge in [-0.3, -0.25) is 0 Å². The molecule has 0 unspecified atom stereocenters. The average molecular weight is 1140 g/mol. The Hall–Kier alpha value is -2.62. The van der Waals surface area contributed by atoms with E-state index in [0.717, 1.165) is 90.0 Å². The number of hydrogen-bond acceptors (Lipinski definition) is 4. The lowest BCUT2D eigenvalue weighted by molar-refractivity contribution is 0.292. The first-order valence-electron chi connectivity index (χ1n) is 37.3. The molecule has 0 saturated carbocycles. The van der Waals surface area contributed by atoms with E-state index in [1.54, 1.807) is 0 Å². The summed E-state index contributed by atoms with van der Waals surface area (Å²) in [4.78, 5) is 0. The average Bonchev–Trinajstić information content (AvgIpc) is 2.66. The van der Waals surface area contributed by atoms with Crippen molar-refractivity contribution in [2.45, 2.75) is 387 Å². The predicted molar refractivity (Wildman–Crippen MR) is 365 cm³/mol. The molecule has 0 aliphatic carbocycles. The Morgan fingerprint density at radius 2 is 0.378 bits per heavy atom. The summed E-state index contributed by atoms with van der Waals surface area (Å²) in [5.74, 6) is 3.74. The van der Waals surface area contributed by atoms with Crippen LogP contribution in [-0.4, -0.2) is 26.4 Å². The molecule has 474 valence electrons. The van der Waals surface area contributed by atoms with E-state index in [1.807, 2.05) is 0 Å². The van der Waals surface area contributed by atoms with E-state index in [4.69, 9.17) is 18.9 Å². The highest BCUT2D eigenvalue weighted by atomic mass is 16.5. The van der Waals surface area contributed by atoms with Crippen molar-refractivity contribution in [3.63, 3.8) is 0 Å². The molecule has 3 aromatic carbocycles. The van der Waals surface area contributed by atoms with Gasteiger partial charge in [0.05, 0.1) is 37.2 Å². The highest BCUT2D eigenvalue weighted by molar-refractivity contribution is 6.15. The molecule has 0 aromatic heterocycles. The van der Waals surface area contributed by atoms with Crippen LogP contribution in [0.2, 0.25) is 0 Å². The van der Waals surface area contributed by atoms with Crippen LogP contribution >= 0.6 is 0 Å². The smallest absolute Gasteiger partial charge is 0.142 e. The molecular weight excluding hydrogens is 1000 g/mol. The lowest BCUT2D eigenvalue weighted by Gasteiger charge is -2.22. The molecule has 0 saturated heterocycles. The monoisotopic (exact) mass is 1140 g/mol. The molecule has 0 amide bonds. The van der Waals surface area contributed by atoms with Crippen molar-refractivity contribution >= 4 is 21.5 Å². The van der Waals surface area contributed by atoms with E-state index in [2.05, 4.69) is 64.1 Å². The van der Waals surface area contributed by atoms with Crippen LogP contribution in [0.4, 0.5) is 0 Å². The van der Waals surface area contributed by atoms with Crippen molar-refractivity contribution in [2.75, 3.05) is 26.4 Å². The zero-order chi connectivity index (χ0) is 58.1. The molecule has 0 bridgehead atoms. The van der Waals surface area contributed by atoms with Gasteiger partial charge in [0.2, 0.25) is 0 Å². The summed E-state index contributed by atoms with van der Waals surface area (Å²) in [6.45, 7) is 12.1. The summed E-state index contributed by atoms with van der Waals surface area (Å²) < 4.78 is 27.9. The van der Waals surface area contributed by atoms with Crippen LogP contribution in [0.1, 0.15) is 387 Å². The number of unbranched alkanes of at least 4 members (excludes halogenated alkanes) is 52. The maximum Gasteiger partial charge on any atom is 0.142 e. The molecule has 0 fully saturated rings. The summed E-state index contributed by atoms with van der Waals surface area (Å²) in [7, 11) is 0. The molecule has 0 heterocycles. The Morgan fingerprint density at radius 3 is 0.598 bits per heavy atom. The molecule has 0 aliphatic heterocycles. The fourth-order valence-electron chi connectivity index (χ4n) is 12.6. The van der Waals surface area contributed by atoms with Gasteiger partial charge in [0.25, 0.3) is 0 Å². The van der Waals surface area contributed by atoms with Crippen LogP contribution in [0.3, 0.4) is 0 Å². The fourth-order valence-corrected chi connectivity index (χ4v) is 12.6. The topological polar surface area (TPSA) is 36.9 Å². The minimum Gasteiger partial charge on any atom is -0.493 e. The van der Waals surface area contributed by atoms with Gasteiger partial charge < -0.3 is 18.9 Å². The second-order valence-corrected chi connectivity index (χ2v) is 25.8.